The topological polar surface area (TPSA) is 84.7 Å². The van der Waals surface area contributed by atoms with E-state index >= 15 is 0 Å². The van der Waals surface area contributed by atoms with Crippen molar-refractivity contribution >= 4 is 28.6 Å². The van der Waals surface area contributed by atoms with Crippen molar-refractivity contribution in [2.75, 3.05) is 5.75 Å². The average molecular weight is 356 g/mol. The number of carbonyl (C=O) groups is 1. The van der Waals surface area contributed by atoms with Crippen LogP contribution in [0.5, 0.6) is 0 Å². The molecule has 1 aromatic heterocycles. The van der Waals surface area contributed by atoms with E-state index in [1.807, 2.05) is 24.3 Å². The maximum Gasteiger partial charge on any atom is 0.185 e. The van der Waals surface area contributed by atoms with Crippen molar-refractivity contribution in [3.8, 4) is 6.07 Å². The molecule has 0 atom stereocenters. The Labute approximate surface area is 152 Å². The van der Waals surface area contributed by atoms with Crippen molar-refractivity contribution < 1.29 is 4.79 Å². The first-order valence-corrected chi connectivity index (χ1v) is 9.54. The molecular weight excluding hydrogens is 332 g/mol. The van der Waals surface area contributed by atoms with Crippen LogP contribution in [0.15, 0.2) is 40.7 Å². The summed E-state index contributed by atoms with van der Waals surface area (Å²) >= 11 is 1.37. The van der Waals surface area contributed by atoms with Crippen LogP contribution in [-0.2, 0) is 11.3 Å². The standard InChI is InChI=1S/C19H24N4OS/c1-3-4-5-8-11-23-17-10-7-6-9-16(17)22-19(23)25-13-18(24)15(12-20)14(2)21/h6-7,9-10H,3-5,8,11,13,21H2,1-2H3/b15-14-. The van der Waals surface area contributed by atoms with Gasteiger partial charge in [0.2, 0.25) is 0 Å². The van der Waals surface area contributed by atoms with E-state index in [4.69, 9.17) is 11.0 Å². The molecule has 0 saturated heterocycles. The number of imidazole rings is 1. The maximum atomic E-state index is 12.2. The van der Waals surface area contributed by atoms with Gasteiger partial charge in [0.15, 0.2) is 10.9 Å². The minimum Gasteiger partial charge on any atom is -0.401 e. The summed E-state index contributed by atoms with van der Waals surface area (Å²) in [6.07, 6.45) is 4.68. The maximum absolute atomic E-state index is 12.2. The number of nitriles is 1. The highest BCUT2D eigenvalue weighted by molar-refractivity contribution is 7.99. The predicted molar refractivity (Wildman–Crippen MR) is 102 cm³/mol. The van der Waals surface area contributed by atoms with Gasteiger partial charge < -0.3 is 10.3 Å². The van der Waals surface area contributed by atoms with E-state index in [2.05, 4.69) is 22.5 Å². The van der Waals surface area contributed by atoms with E-state index in [0.717, 1.165) is 29.2 Å². The minimum atomic E-state index is -0.253. The molecule has 1 aromatic carbocycles. The Morgan fingerprint density at radius 1 is 1.32 bits per heavy atom. The van der Waals surface area contributed by atoms with Gasteiger partial charge in [0.25, 0.3) is 0 Å². The summed E-state index contributed by atoms with van der Waals surface area (Å²) in [6, 6.07) is 9.89. The van der Waals surface area contributed by atoms with Gasteiger partial charge in [0.05, 0.1) is 16.8 Å². The molecule has 25 heavy (non-hydrogen) atoms. The molecule has 0 bridgehead atoms. The average Bonchev–Trinajstić information content (AvgIpc) is 2.95. The molecule has 6 heteroatoms. The number of benzene rings is 1. The van der Waals surface area contributed by atoms with Crippen molar-refractivity contribution in [3.63, 3.8) is 0 Å². The zero-order chi connectivity index (χ0) is 18.2. The van der Waals surface area contributed by atoms with Gasteiger partial charge in [-0.25, -0.2) is 4.98 Å². The molecule has 2 N–H and O–H groups in total. The first-order chi connectivity index (χ1) is 12.1. The van der Waals surface area contributed by atoms with Gasteiger partial charge in [-0.1, -0.05) is 50.1 Å². The summed E-state index contributed by atoms with van der Waals surface area (Å²) in [5.41, 5.74) is 7.93. The number of aryl methyl sites for hydroxylation is 1. The Hall–Kier alpha value is -2.26. The number of allylic oxidation sites excluding steroid dienone is 2. The molecule has 132 valence electrons. The second-order valence-electron chi connectivity index (χ2n) is 5.98. The number of aromatic nitrogens is 2. The molecule has 0 aliphatic rings. The van der Waals surface area contributed by atoms with Crippen LogP contribution >= 0.6 is 11.8 Å². The molecule has 0 unspecified atom stereocenters. The van der Waals surface area contributed by atoms with Crippen LogP contribution in [0.1, 0.15) is 39.5 Å². The van der Waals surface area contributed by atoms with Gasteiger partial charge in [-0.3, -0.25) is 4.79 Å². The number of fused-ring (bicyclic) bond motifs is 1. The highest BCUT2D eigenvalue weighted by Crippen LogP contribution is 2.25. The van der Waals surface area contributed by atoms with Gasteiger partial charge >= 0.3 is 0 Å². The van der Waals surface area contributed by atoms with E-state index in [1.54, 1.807) is 6.92 Å². The molecule has 0 aliphatic heterocycles. The van der Waals surface area contributed by atoms with Crippen LogP contribution in [0.3, 0.4) is 0 Å². The lowest BCUT2D eigenvalue weighted by atomic mass is 10.2. The largest absolute Gasteiger partial charge is 0.401 e. The van der Waals surface area contributed by atoms with E-state index in [1.165, 1.54) is 31.0 Å². The number of unbranched alkanes of at least 4 members (excludes halogenated alkanes) is 3. The summed E-state index contributed by atoms with van der Waals surface area (Å²) in [6.45, 7) is 4.65. The van der Waals surface area contributed by atoms with E-state index in [9.17, 15) is 4.79 Å². The summed E-state index contributed by atoms with van der Waals surface area (Å²) in [5.74, 6) is -0.0903. The first-order valence-electron chi connectivity index (χ1n) is 8.56. The molecule has 0 saturated carbocycles. The molecule has 2 rings (SSSR count). The SMILES string of the molecule is CCCCCCn1c(SCC(=O)/C(C#N)=C(/C)N)nc2ccccc21. The van der Waals surface area contributed by atoms with Crippen molar-refractivity contribution in [3.05, 3.63) is 35.5 Å². The number of Topliss-reactive ketones (excluding diaryl/α,β-unsaturated/α-hetero) is 1. The van der Waals surface area contributed by atoms with Crippen LogP contribution in [0, 0.1) is 11.3 Å². The number of hydrogen-bond donors (Lipinski definition) is 1. The number of hydrogen-bond acceptors (Lipinski definition) is 5. The number of para-hydroxylation sites is 2. The first kappa shape index (κ1) is 19.1. The fraction of sp³-hybridized carbons (Fsp3) is 0.421. The number of nitrogens with two attached hydrogens (primary N) is 1. The Balaban J connectivity index is 2.18. The van der Waals surface area contributed by atoms with Crippen LogP contribution in [0.2, 0.25) is 0 Å². The molecule has 0 fully saturated rings. The van der Waals surface area contributed by atoms with Crippen LogP contribution in [0.25, 0.3) is 11.0 Å². The Kier molecular flexibility index (Phi) is 7.08. The van der Waals surface area contributed by atoms with Gasteiger partial charge in [0, 0.05) is 12.2 Å². The molecule has 0 aliphatic carbocycles. The number of ketones is 1. The third-order valence-corrected chi connectivity index (χ3v) is 4.95. The molecule has 0 amide bonds. The van der Waals surface area contributed by atoms with Gasteiger partial charge in [-0.2, -0.15) is 5.26 Å². The normalized spacial score (nSPS) is 12.0. The molecule has 1 heterocycles. The highest BCUT2D eigenvalue weighted by atomic mass is 32.2. The number of thioether (sulfide) groups is 1. The molecule has 0 radical (unpaired) electrons. The second kappa shape index (κ2) is 9.28. The molecule has 5 nitrogen and oxygen atoms in total. The van der Waals surface area contributed by atoms with Crippen LogP contribution in [-0.4, -0.2) is 21.1 Å². The number of rotatable bonds is 9. The molecular formula is C19H24N4OS. The summed E-state index contributed by atoms with van der Waals surface area (Å²) in [7, 11) is 0. The summed E-state index contributed by atoms with van der Waals surface area (Å²) < 4.78 is 2.17. The fourth-order valence-electron chi connectivity index (χ4n) is 2.65. The lowest BCUT2D eigenvalue weighted by molar-refractivity contribution is -0.112. The van der Waals surface area contributed by atoms with Gasteiger partial charge in [-0.15, -0.1) is 0 Å². The Morgan fingerprint density at radius 3 is 2.76 bits per heavy atom. The van der Waals surface area contributed by atoms with Gasteiger partial charge in [0.1, 0.15) is 11.6 Å². The quantitative estimate of drug-likeness (QED) is 0.317. The Morgan fingerprint density at radius 2 is 2.08 bits per heavy atom. The van der Waals surface area contributed by atoms with Crippen LogP contribution in [0.4, 0.5) is 0 Å². The van der Waals surface area contributed by atoms with Gasteiger partial charge in [-0.05, 0) is 25.5 Å². The van der Waals surface area contributed by atoms with Crippen molar-refractivity contribution in [1.82, 2.24) is 9.55 Å². The fourth-order valence-corrected chi connectivity index (χ4v) is 3.56. The third-order valence-electron chi connectivity index (χ3n) is 3.97. The van der Waals surface area contributed by atoms with Crippen molar-refractivity contribution in [2.24, 2.45) is 5.73 Å². The lowest BCUT2D eigenvalue weighted by Crippen LogP contribution is -2.11. The predicted octanol–water partition coefficient (Wildman–Crippen LogP) is 4.03. The monoisotopic (exact) mass is 356 g/mol. The smallest absolute Gasteiger partial charge is 0.185 e. The highest BCUT2D eigenvalue weighted by Gasteiger charge is 2.16. The zero-order valence-electron chi connectivity index (χ0n) is 14.8. The lowest BCUT2D eigenvalue weighted by Gasteiger charge is -2.08. The second-order valence-corrected chi connectivity index (χ2v) is 6.92. The summed E-state index contributed by atoms with van der Waals surface area (Å²) in [5, 5.41) is 9.88. The van der Waals surface area contributed by atoms with Crippen molar-refractivity contribution in [2.45, 2.75) is 51.2 Å². The minimum absolute atomic E-state index is 0.0399. The van der Waals surface area contributed by atoms with E-state index in [0.29, 0.717) is 0 Å². The summed E-state index contributed by atoms with van der Waals surface area (Å²) in [4.78, 5) is 16.9. The molecule has 2 aromatic rings. The van der Waals surface area contributed by atoms with E-state index in [-0.39, 0.29) is 22.8 Å². The van der Waals surface area contributed by atoms with Crippen LogP contribution < -0.4 is 5.73 Å². The third kappa shape index (κ3) is 4.86. The zero-order valence-corrected chi connectivity index (χ0v) is 15.6. The molecule has 0 spiro atoms. The van der Waals surface area contributed by atoms with E-state index < -0.39 is 0 Å². The number of carbonyl (C=O) groups excluding carboxylic acids is 1. The Bertz CT molecular complexity index is 812. The number of nitrogens with zero attached hydrogens (tertiary/aromatic N) is 3. The van der Waals surface area contributed by atoms with Crippen molar-refractivity contribution in [1.29, 1.82) is 5.26 Å².